The minimum Gasteiger partial charge on any atom is -0.461 e. The number of nitrogens with one attached hydrogen (secondary N) is 1. The summed E-state index contributed by atoms with van der Waals surface area (Å²) in [5.74, 6) is -0.418. The fourth-order valence-corrected chi connectivity index (χ4v) is 2.93. The number of aromatic amines is 1. The molecule has 1 aromatic carbocycles. The largest absolute Gasteiger partial charge is 0.461 e. The number of Topliss-reactive ketones (excluding diaryl/α,β-unsaturated/α-hetero) is 1. The predicted octanol–water partition coefficient (Wildman–Crippen LogP) is 3.03. The van der Waals surface area contributed by atoms with E-state index in [2.05, 4.69) is 35.3 Å². The smallest absolute Gasteiger partial charge is 0.356 e. The van der Waals surface area contributed by atoms with E-state index in [4.69, 9.17) is 4.74 Å². The van der Waals surface area contributed by atoms with E-state index in [1.165, 1.54) is 11.1 Å². The number of esters is 1. The summed E-state index contributed by atoms with van der Waals surface area (Å²) in [5.41, 5.74) is 3.93. The van der Waals surface area contributed by atoms with Crippen LogP contribution in [0.2, 0.25) is 0 Å². The Balaban J connectivity index is 1.53. The van der Waals surface area contributed by atoms with Crippen molar-refractivity contribution in [2.24, 2.45) is 0 Å². The van der Waals surface area contributed by atoms with E-state index in [1.54, 1.807) is 0 Å². The highest BCUT2D eigenvalue weighted by Crippen LogP contribution is 2.22. The number of ketones is 1. The zero-order valence-electron chi connectivity index (χ0n) is 13.2. The van der Waals surface area contributed by atoms with Crippen LogP contribution in [0, 0.1) is 6.92 Å². The van der Waals surface area contributed by atoms with E-state index in [0.29, 0.717) is 36.4 Å². The van der Waals surface area contributed by atoms with Gasteiger partial charge in [0.05, 0.1) is 6.61 Å². The van der Waals surface area contributed by atoms with Gasteiger partial charge in [0.15, 0.2) is 5.78 Å². The number of aryl methyl sites for hydroxylation is 2. The van der Waals surface area contributed by atoms with Gasteiger partial charge in [-0.05, 0) is 38.2 Å². The second-order valence-electron chi connectivity index (χ2n) is 5.93. The summed E-state index contributed by atoms with van der Waals surface area (Å²) in [4.78, 5) is 23.9. The standard InChI is InChI=1S/C18H20N2O3/c1-12-5-2-6-13(11-12)7-4-10-23-18(22)17-14-8-3-9-15(21)16(14)19-20-17/h2,5-6,11H,3-4,7-10H2,1H3,(H,19,20). The average Bonchev–Trinajstić information content (AvgIpc) is 2.97. The number of aromatic nitrogens is 2. The predicted molar refractivity (Wildman–Crippen MR) is 85.6 cm³/mol. The van der Waals surface area contributed by atoms with Crippen LogP contribution in [-0.2, 0) is 17.6 Å². The number of nitrogens with zero attached hydrogens (tertiary/aromatic N) is 1. The molecule has 0 aliphatic heterocycles. The number of H-pyrrole nitrogens is 1. The number of rotatable bonds is 5. The third-order valence-corrected chi connectivity index (χ3v) is 4.09. The Labute approximate surface area is 135 Å². The van der Waals surface area contributed by atoms with Crippen LogP contribution in [-0.4, -0.2) is 28.6 Å². The third-order valence-electron chi connectivity index (χ3n) is 4.09. The topological polar surface area (TPSA) is 72.1 Å². The van der Waals surface area contributed by atoms with Gasteiger partial charge in [-0.3, -0.25) is 9.89 Å². The van der Waals surface area contributed by atoms with Crippen LogP contribution in [0.25, 0.3) is 0 Å². The quantitative estimate of drug-likeness (QED) is 0.680. The molecule has 1 aromatic heterocycles. The molecule has 0 bridgehead atoms. The molecule has 0 unspecified atom stereocenters. The minimum absolute atomic E-state index is 0.000924. The molecular weight excluding hydrogens is 292 g/mol. The maximum Gasteiger partial charge on any atom is 0.356 e. The van der Waals surface area contributed by atoms with Crippen molar-refractivity contribution in [2.45, 2.75) is 39.0 Å². The monoisotopic (exact) mass is 312 g/mol. The van der Waals surface area contributed by atoms with Crippen molar-refractivity contribution in [3.05, 3.63) is 52.3 Å². The fourth-order valence-electron chi connectivity index (χ4n) is 2.93. The fraction of sp³-hybridized carbons (Fsp3) is 0.389. The summed E-state index contributed by atoms with van der Waals surface area (Å²) in [7, 11) is 0. The molecule has 120 valence electrons. The Kier molecular flexibility index (Phi) is 4.55. The molecule has 1 heterocycles. The summed E-state index contributed by atoms with van der Waals surface area (Å²) in [6.45, 7) is 2.42. The molecular formula is C18H20N2O3. The number of hydrogen-bond acceptors (Lipinski definition) is 4. The lowest BCUT2D eigenvalue weighted by atomic mass is 9.95. The molecule has 0 saturated carbocycles. The summed E-state index contributed by atoms with van der Waals surface area (Å²) in [6, 6.07) is 8.31. The summed E-state index contributed by atoms with van der Waals surface area (Å²) < 4.78 is 5.32. The Morgan fingerprint density at radius 1 is 1.35 bits per heavy atom. The lowest BCUT2D eigenvalue weighted by Gasteiger charge is -2.10. The van der Waals surface area contributed by atoms with E-state index in [-0.39, 0.29) is 5.78 Å². The van der Waals surface area contributed by atoms with E-state index in [1.807, 2.05) is 6.07 Å². The number of ether oxygens (including phenoxy) is 1. The first-order valence-electron chi connectivity index (χ1n) is 7.98. The van der Waals surface area contributed by atoms with Gasteiger partial charge in [-0.25, -0.2) is 4.79 Å². The van der Waals surface area contributed by atoms with Crippen molar-refractivity contribution in [3.8, 4) is 0 Å². The molecule has 0 radical (unpaired) electrons. The van der Waals surface area contributed by atoms with Gasteiger partial charge in [0, 0.05) is 12.0 Å². The second-order valence-corrected chi connectivity index (χ2v) is 5.93. The number of carbonyl (C=O) groups is 2. The first-order valence-corrected chi connectivity index (χ1v) is 7.98. The first kappa shape index (κ1) is 15.5. The van der Waals surface area contributed by atoms with Crippen LogP contribution in [0.15, 0.2) is 24.3 Å². The molecule has 1 aliphatic rings. The maximum atomic E-state index is 12.1. The van der Waals surface area contributed by atoms with E-state index >= 15 is 0 Å². The zero-order chi connectivity index (χ0) is 16.2. The van der Waals surface area contributed by atoms with Gasteiger partial charge >= 0.3 is 5.97 Å². The molecule has 0 atom stereocenters. The lowest BCUT2D eigenvalue weighted by molar-refractivity contribution is 0.0492. The van der Waals surface area contributed by atoms with Gasteiger partial charge < -0.3 is 4.74 Å². The van der Waals surface area contributed by atoms with Gasteiger partial charge in [0.1, 0.15) is 11.4 Å². The SMILES string of the molecule is Cc1cccc(CCCOC(=O)c2[nH]nc3c2CCCC3=O)c1. The molecule has 0 fully saturated rings. The van der Waals surface area contributed by atoms with Crippen molar-refractivity contribution in [1.82, 2.24) is 10.2 Å². The van der Waals surface area contributed by atoms with E-state index in [9.17, 15) is 9.59 Å². The van der Waals surface area contributed by atoms with Crippen molar-refractivity contribution in [2.75, 3.05) is 6.61 Å². The highest BCUT2D eigenvalue weighted by molar-refractivity contribution is 6.00. The second kappa shape index (κ2) is 6.77. The number of benzene rings is 1. The number of hydrogen-bond donors (Lipinski definition) is 1. The number of carbonyl (C=O) groups excluding carboxylic acids is 2. The van der Waals surface area contributed by atoms with Crippen LogP contribution in [0.1, 0.15) is 56.9 Å². The van der Waals surface area contributed by atoms with Crippen LogP contribution in [0.4, 0.5) is 0 Å². The van der Waals surface area contributed by atoms with Crippen LogP contribution < -0.4 is 0 Å². The van der Waals surface area contributed by atoms with Crippen molar-refractivity contribution in [3.63, 3.8) is 0 Å². The molecule has 2 aromatic rings. The number of fused-ring (bicyclic) bond motifs is 1. The van der Waals surface area contributed by atoms with E-state index in [0.717, 1.165) is 19.3 Å². The van der Waals surface area contributed by atoms with Gasteiger partial charge in [0.25, 0.3) is 0 Å². The van der Waals surface area contributed by atoms with Gasteiger partial charge in [-0.15, -0.1) is 0 Å². The molecule has 5 heteroatoms. The first-order chi connectivity index (χ1) is 11.1. The Bertz CT molecular complexity index is 734. The minimum atomic E-state index is -0.419. The van der Waals surface area contributed by atoms with E-state index < -0.39 is 5.97 Å². The van der Waals surface area contributed by atoms with Gasteiger partial charge in [-0.1, -0.05) is 29.8 Å². The summed E-state index contributed by atoms with van der Waals surface area (Å²) in [6.07, 6.45) is 3.60. The highest BCUT2D eigenvalue weighted by Gasteiger charge is 2.27. The van der Waals surface area contributed by atoms with Gasteiger partial charge in [-0.2, -0.15) is 5.10 Å². The molecule has 5 nitrogen and oxygen atoms in total. The Hall–Kier alpha value is -2.43. The molecule has 1 aliphatic carbocycles. The lowest BCUT2D eigenvalue weighted by Crippen LogP contribution is -2.14. The molecule has 0 amide bonds. The zero-order valence-corrected chi connectivity index (χ0v) is 13.2. The van der Waals surface area contributed by atoms with Gasteiger partial charge in [0.2, 0.25) is 0 Å². The molecule has 3 rings (SSSR count). The van der Waals surface area contributed by atoms with Crippen LogP contribution >= 0.6 is 0 Å². The Morgan fingerprint density at radius 2 is 2.22 bits per heavy atom. The summed E-state index contributed by atoms with van der Waals surface area (Å²) >= 11 is 0. The Morgan fingerprint density at radius 3 is 3.04 bits per heavy atom. The normalized spacial score (nSPS) is 13.7. The van der Waals surface area contributed by atoms with Crippen LogP contribution in [0.5, 0.6) is 0 Å². The van der Waals surface area contributed by atoms with Crippen molar-refractivity contribution in [1.29, 1.82) is 0 Å². The molecule has 0 spiro atoms. The summed E-state index contributed by atoms with van der Waals surface area (Å²) in [5, 5.41) is 6.64. The third kappa shape index (κ3) is 3.50. The van der Waals surface area contributed by atoms with Crippen LogP contribution in [0.3, 0.4) is 0 Å². The van der Waals surface area contributed by atoms with Crippen molar-refractivity contribution >= 4 is 11.8 Å². The molecule has 0 saturated heterocycles. The van der Waals surface area contributed by atoms with Crippen molar-refractivity contribution < 1.29 is 14.3 Å². The average molecular weight is 312 g/mol. The molecule has 23 heavy (non-hydrogen) atoms. The maximum absolute atomic E-state index is 12.1. The highest BCUT2D eigenvalue weighted by atomic mass is 16.5. The molecule has 1 N–H and O–H groups in total.